The van der Waals surface area contributed by atoms with Gasteiger partial charge in [-0.1, -0.05) is 12.1 Å². The van der Waals surface area contributed by atoms with Crippen molar-refractivity contribution in [2.75, 3.05) is 0 Å². The van der Waals surface area contributed by atoms with Gasteiger partial charge in [-0.05, 0) is 24.3 Å². The van der Waals surface area contributed by atoms with Crippen LogP contribution in [0.2, 0.25) is 0 Å². The molecule has 0 radical (unpaired) electrons. The van der Waals surface area contributed by atoms with Gasteiger partial charge in [0.25, 0.3) is 11.8 Å². The molecule has 0 fully saturated rings. The van der Waals surface area contributed by atoms with Crippen LogP contribution in [0.5, 0.6) is 0 Å². The van der Waals surface area contributed by atoms with Crippen LogP contribution in [0.3, 0.4) is 0 Å². The van der Waals surface area contributed by atoms with Crippen LogP contribution in [0.15, 0.2) is 53.2 Å². The van der Waals surface area contributed by atoms with Crippen LogP contribution in [-0.2, 0) is 13.1 Å². The summed E-state index contributed by atoms with van der Waals surface area (Å²) in [7, 11) is 9.34. The standard InChI is InChI=1S/C12H8N4O.2ClH.Cu/c1-3-7-13-9(5-1)11-15-16-12(17-11)10-6-2-4-8-14-10;;;/h1-8H;2*1H;/q;;;+2/p-2. The summed E-state index contributed by atoms with van der Waals surface area (Å²) in [6.07, 6.45) is 3.36. The number of aromatic nitrogens is 4. The molecule has 3 aromatic heterocycles. The van der Waals surface area contributed by atoms with Gasteiger partial charge in [-0.25, -0.2) is 0 Å². The Balaban J connectivity index is 0.000000452. The Morgan fingerprint density at radius 3 is 1.60 bits per heavy atom. The average molecular weight is 359 g/mol. The van der Waals surface area contributed by atoms with Crippen molar-refractivity contribution in [3.05, 3.63) is 48.8 Å². The van der Waals surface area contributed by atoms with Crippen molar-refractivity contribution >= 4 is 20.2 Å². The maximum absolute atomic E-state index is 5.51. The molecule has 107 valence electrons. The Labute approximate surface area is 130 Å². The topological polar surface area (TPSA) is 64.7 Å². The summed E-state index contributed by atoms with van der Waals surface area (Å²) >= 11 is 0.757. The molecule has 0 bridgehead atoms. The van der Waals surface area contributed by atoms with Gasteiger partial charge in [0, 0.05) is 12.4 Å². The van der Waals surface area contributed by atoms with E-state index >= 15 is 0 Å². The van der Waals surface area contributed by atoms with Gasteiger partial charge in [0.2, 0.25) is 0 Å². The zero-order valence-corrected chi connectivity index (χ0v) is 12.3. The second kappa shape index (κ2) is 7.97. The fourth-order valence-electron chi connectivity index (χ4n) is 1.41. The Morgan fingerprint density at radius 1 is 0.800 bits per heavy atom. The summed E-state index contributed by atoms with van der Waals surface area (Å²) in [5.74, 6) is 0.789. The number of hydrogen-bond acceptors (Lipinski definition) is 5. The molecule has 0 N–H and O–H groups in total. The summed E-state index contributed by atoms with van der Waals surface area (Å²) in [4.78, 5) is 8.28. The van der Waals surface area contributed by atoms with Crippen molar-refractivity contribution in [3.8, 4) is 23.2 Å². The third kappa shape index (κ3) is 4.02. The first-order chi connectivity index (χ1) is 9.85. The number of halogens is 2. The summed E-state index contributed by atoms with van der Waals surface area (Å²) in [6.45, 7) is 0. The second-order valence-electron chi connectivity index (χ2n) is 3.39. The van der Waals surface area contributed by atoms with Gasteiger partial charge in [0.05, 0.1) is 0 Å². The number of hydrogen-bond donors (Lipinski definition) is 0. The Morgan fingerprint density at radius 2 is 1.25 bits per heavy atom. The van der Waals surface area contributed by atoms with Gasteiger partial charge in [0.1, 0.15) is 11.4 Å². The SMILES string of the molecule is [Cl][Cu][Cl].c1ccc(-c2nnc(-c3ccccn3)o2)nc1. The molecular weight excluding hydrogens is 351 g/mol. The largest absolute Gasteiger partial charge is 0.413 e. The fourth-order valence-corrected chi connectivity index (χ4v) is 1.41. The van der Waals surface area contributed by atoms with E-state index in [-0.39, 0.29) is 0 Å². The molecule has 0 unspecified atom stereocenters. The number of rotatable bonds is 2. The molecule has 0 aliphatic carbocycles. The van der Waals surface area contributed by atoms with E-state index in [1.54, 1.807) is 12.4 Å². The van der Waals surface area contributed by atoms with Crippen molar-refractivity contribution in [1.29, 1.82) is 0 Å². The molecule has 8 heteroatoms. The molecule has 0 aliphatic rings. The molecule has 3 heterocycles. The number of pyridine rings is 2. The van der Waals surface area contributed by atoms with E-state index in [1.165, 1.54) is 0 Å². The first kappa shape index (κ1) is 14.9. The monoisotopic (exact) mass is 357 g/mol. The van der Waals surface area contributed by atoms with Crippen LogP contribution in [0.25, 0.3) is 23.2 Å². The first-order valence-corrected chi connectivity index (χ1v) is 7.92. The normalized spacial score (nSPS) is 9.90. The molecule has 0 amide bonds. The smallest absolute Gasteiger partial charge is 0.266 e. The van der Waals surface area contributed by atoms with E-state index in [0.29, 0.717) is 23.2 Å². The van der Waals surface area contributed by atoms with Gasteiger partial charge >= 0.3 is 33.3 Å². The molecule has 0 spiro atoms. The van der Waals surface area contributed by atoms with E-state index in [0.717, 1.165) is 13.1 Å². The fraction of sp³-hybridized carbons (Fsp3) is 0. The van der Waals surface area contributed by atoms with Crippen molar-refractivity contribution in [2.24, 2.45) is 0 Å². The van der Waals surface area contributed by atoms with Gasteiger partial charge in [0.15, 0.2) is 0 Å². The zero-order chi connectivity index (χ0) is 14.2. The second-order valence-corrected chi connectivity index (χ2v) is 4.94. The quantitative estimate of drug-likeness (QED) is 0.655. The minimum atomic E-state index is 0.395. The van der Waals surface area contributed by atoms with Gasteiger partial charge < -0.3 is 4.42 Å². The molecule has 5 nitrogen and oxygen atoms in total. The van der Waals surface area contributed by atoms with Crippen molar-refractivity contribution < 1.29 is 17.6 Å². The van der Waals surface area contributed by atoms with Crippen LogP contribution >= 0.6 is 20.2 Å². The minimum Gasteiger partial charge on any atom is -0.413 e. The third-order valence-electron chi connectivity index (χ3n) is 2.19. The summed E-state index contributed by atoms with van der Waals surface area (Å²) < 4.78 is 5.51. The van der Waals surface area contributed by atoms with Crippen LogP contribution in [0.1, 0.15) is 0 Å². The molecule has 0 aromatic carbocycles. The van der Waals surface area contributed by atoms with Gasteiger partial charge in [-0.15, -0.1) is 10.2 Å². The molecule has 0 saturated carbocycles. The van der Waals surface area contributed by atoms with Gasteiger partial charge in [-0.2, -0.15) is 0 Å². The summed E-state index contributed by atoms with van der Waals surface area (Å²) in [5.41, 5.74) is 1.31. The van der Waals surface area contributed by atoms with Crippen molar-refractivity contribution in [3.63, 3.8) is 0 Å². The Hall–Kier alpha value is -1.46. The van der Waals surface area contributed by atoms with E-state index in [4.69, 9.17) is 4.42 Å². The Kier molecular flexibility index (Phi) is 5.95. The minimum absolute atomic E-state index is 0.395. The van der Waals surface area contributed by atoms with E-state index in [9.17, 15) is 0 Å². The summed E-state index contributed by atoms with van der Waals surface area (Å²) in [6, 6.07) is 11.0. The molecule has 3 aromatic rings. The number of nitrogens with zero attached hydrogens (tertiary/aromatic N) is 4. The van der Waals surface area contributed by atoms with Crippen molar-refractivity contribution in [1.82, 2.24) is 20.2 Å². The molecule has 0 aliphatic heterocycles. The van der Waals surface area contributed by atoms with Crippen LogP contribution < -0.4 is 0 Å². The van der Waals surface area contributed by atoms with Crippen LogP contribution in [0.4, 0.5) is 0 Å². The molecule has 0 saturated heterocycles. The zero-order valence-electron chi connectivity index (χ0n) is 9.87. The van der Waals surface area contributed by atoms with Crippen molar-refractivity contribution in [2.45, 2.75) is 0 Å². The summed E-state index contributed by atoms with van der Waals surface area (Å²) in [5, 5.41) is 7.89. The van der Waals surface area contributed by atoms with Crippen LogP contribution in [-0.4, -0.2) is 20.2 Å². The first-order valence-electron chi connectivity index (χ1n) is 5.32. The van der Waals surface area contributed by atoms with Crippen LogP contribution in [0, 0.1) is 0 Å². The van der Waals surface area contributed by atoms with Gasteiger partial charge in [-0.3, -0.25) is 9.97 Å². The maximum atomic E-state index is 5.51. The molecular formula is C12H8Cl2CuN4O. The maximum Gasteiger partial charge on any atom is 0.266 e. The predicted octanol–water partition coefficient (Wildman–Crippen LogP) is 3.57. The van der Waals surface area contributed by atoms with E-state index < -0.39 is 0 Å². The average Bonchev–Trinajstić information content (AvgIpc) is 3.00. The van der Waals surface area contributed by atoms with E-state index in [2.05, 4.69) is 40.4 Å². The third-order valence-corrected chi connectivity index (χ3v) is 2.19. The molecule has 3 rings (SSSR count). The molecule has 0 atom stereocenters. The Bertz CT molecular complexity index is 582. The predicted molar refractivity (Wildman–Crippen MR) is 72.5 cm³/mol. The molecule has 20 heavy (non-hydrogen) atoms. The van der Waals surface area contributed by atoms with E-state index in [1.807, 2.05) is 36.4 Å².